The van der Waals surface area contributed by atoms with Crippen molar-refractivity contribution >= 4 is 33.9 Å². The molecule has 0 unspecified atom stereocenters. The Hall–Kier alpha value is -3.93. The van der Waals surface area contributed by atoms with Gasteiger partial charge in [-0.05, 0) is 41.3 Å². The lowest BCUT2D eigenvalue weighted by atomic mass is 10.1. The van der Waals surface area contributed by atoms with Crippen molar-refractivity contribution in [3.8, 4) is 0 Å². The maximum Gasteiger partial charge on any atom is 0.274 e. The van der Waals surface area contributed by atoms with Gasteiger partial charge in [-0.2, -0.15) is 0 Å². The third kappa shape index (κ3) is 3.91. The molecule has 0 spiro atoms. The minimum absolute atomic E-state index is 0.243. The Kier molecular flexibility index (Phi) is 4.84. The fourth-order valence-corrected chi connectivity index (χ4v) is 2.93. The highest BCUT2D eigenvalue weighted by Gasteiger charge is 2.09. The molecule has 2 heterocycles. The van der Waals surface area contributed by atoms with Crippen LogP contribution in [0, 0.1) is 0 Å². The first kappa shape index (κ1) is 17.5. The molecule has 28 heavy (non-hydrogen) atoms. The fraction of sp³-hybridized carbons (Fsp3) is 0.0455. The lowest BCUT2D eigenvalue weighted by Crippen LogP contribution is -2.14. The van der Waals surface area contributed by atoms with E-state index in [0.717, 1.165) is 22.0 Å². The number of benzene rings is 2. The largest absolute Gasteiger partial charge is 0.382 e. The quantitative estimate of drug-likeness (QED) is 0.493. The van der Waals surface area contributed by atoms with Crippen molar-refractivity contribution in [2.24, 2.45) is 0 Å². The number of nitrogens with one attached hydrogen (secondary N) is 2. The minimum Gasteiger partial charge on any atom is -0.382 e. The van der Waals surface area contributed by atoms with Gasteiger partial charge in [0, 0.05) is 30.0 Å². The normalized spacial score (nSPS) is 10.6. The van der Waals surface area contributed by atoms with Crippen LogP contribution < -0.4 is 16.4 Å². The second-order valence-corrected chi connectivity index (χ2v) is 6.36. The Bertz CT molecular complexity index is 1140. The van der Waals surface area contributed by atoms with Gasteiger partial charge in [0.25, 0.3) is 5.91 Å². The zero-order chi connectivity index (χ0) is 19.3. The molecule has 4 aromatic rings. The number of pyridine rings is 2. The lowest BCUT2D eigenvalue weighted by molar-refractivity contribution is 0.102. The molecule has 0 saturated heterocycles. The van der Waals surface area contributed by atoms with E-state index in [1.54, 1.807) is 18.5 Å². The Morgan fingerprint density at radius 3 is 2.64 bits per heavy atom. The first-order chi connectivity index (χ1) is 13.7. The number of amides is 1. The third-order valence-electron chi connectivity index (χ3n) is 4.37. The van der Waals surface area contributed by atoms with Crippen LogP contribution in [0.5, 0.6) is 0 Å². The summed E-state index contributed by atoms with van der Waals surface area (Å²) in [4.78, 5) is 20.9. The number of hydrogen-bond donors (Lipinski definition) is 3. The van der Waals surface area contributed by atoms with Gasteiger partial charge in [0.05, 0.1) is 5.69 Å². The summed E-state index contributed by atoms with van der Waals surface area (Å²) in [6.07, 6.45) is 3.36. The van der Waals surface area contributed by atoms with Gasteiger partial charge in [-0.3, -0.25) is 9.78 Å². The Morgan fingerprint density at radius 1 is 0.929 bits per heavy atom. The van der Waals surface area contributed by atoms with Gasteiger partial charge < -0.3 is 16.4 Å². The van der Waals surface area contributed by atoms with Gasteiger partial charge in [-0.25, -0.2) is 4.98 Å². The number of hydrogen-bond acceptors (Lipinski definition) is 5. The van der Waals surface area contributed by atoms with Crippen LogP contribution in [0.1, 0.15) is 16.1 Å². The molecule has 138 valence electrons. The van der Waals surface area contributed by atoms with Crippen molar-refractivity contribution in [3.05, 3.63) is 90.4 Å². The number of nitrogen functional groups attached to an aromatic ring is 1. The molecule has 4 N–H and O–H groups in total. The molecular formula is C22H19N5O. The number of nitrogens with two attached hydrogens (primary N) is 1. The van der Waals surface area contributed by atoms with E-state index in [0.29, 0.717) is 23.7 Å². The molecule has 0 fully saturated rings. The molecule has 0 saturated carbocycles. The molecule has 6 heteroatoms. The molecule has 0 atom stereocenters. The SMILES string of the molecule is Nc1ncccc1NCc1cccc(NC(=O)c2cc3ccccc3cn2)c1. The van der Waals surface area contributed by atoms with E-state index in [-0.39, 0.29) is 5.91 Å². The molecule has 0 radical (unpaired) electrons. The number of aromatic nitrogens is 2. The molecule has 1 amide bonds. The number of anilines is 3. The molecule has 0 bridgehead atoms. The van der Waals surface area contributed by atoms with Crippen LogP contribution in [0.4, 0.5) is 17.2 Å². The van der Waals surface area contributed by atoms with E-state index in [2.05, 4.69) is 20.6 Å². The van der Waals surface area contributed by atoms with Gasteiger partial charge in [-0.15, -0.1) is 0 Å². The first-order valence-electron chi connectivity index (χ1n) is 8.88. The van der Waals surface area contributed by atoms with Crippen LogP contribution in [0.2, 0.25) is 0 Å². The van der Waals surface area contributed by atoms with Crippen LogP contribution in [0.25, 0.3) is 10.8 Å². The van der Waals surface area contributed by atoms with Crippen LogP contribution in [-0.2, 0) is 6.54 Å². The van der Waals surface area contributed by atoms with Crippen LogP contribution in [0.15, 0.2) is 79.1 Å². The van der Waals surface area contributed by atoms with E-state index in [4.69, 9.17) is 5.73 Å². The monoisotopic (exact) mass is 369 g/mol. The van der Waals surface area contributed by atoms with Gasteiger partial charge in [-0.1, -0.05) is 36.4 Å². The highest BCUT2D eigenvalue weighted by molar-refractivity contribution is 6.04. The van der Waals surface area contributed by atoms with Crippen LogP contribution in [-0.4, -0.2) is 15.9 Å². The summed E-state index contributed by atoms with van der Waals surface area (Å²) in [5.74, 6) is 0.210. The van der Waals surface area contributed by atoms with Crippen molar-refractivity contribution < 1.29 is 4.79 Å². The van der Waals surface area contributed by atoms with Gasteiger partial charge in [0.15, 0.2) is 0 Å². The first-order valence-corrected chi connectivity index (χ1v) is 8.88. The second-order valence-electron chi connectivity index (χ2n) is 6.36. The smallest absolute Gasteiger partial charge is 0.274 e. The number of rotatable bonds is 5. The predicted octanol–water partition coefficient (Wildman–Crippen LogP) is 4.08. The molecule has 2 aromatic carbocycles. The van der Waals surface area contributed by atoms with Crippen molar-refractivity contribution in [3.63, 3.8) is 0 Å². The van der Waals surface area contributed by atoms with Crippen molar-refractivity contribution in [2.45, 2.75) is 6.54 Å². The van der Waals surface area contributed by atoms with E-state index in [1.807, 2.05) is 60.7 Å². The summed E-state index contributed by atoms with van der Waals surface area (Å²) in [6, 6.07) is 20.9. The summed E-state index contributed by atoms with van der Waals surface area (Å²) in [6.45, 7) is 0.563. The number of carbonyl (C=O) groups excluding carboxylic acids is 1. The summed E-state index contributed by atoms with van der Waals surface area (Å²) < 4.78 is 0. The Balaban J connectivity index is 1.46. The average molecular weight is 369 g/mol. The molecule has 4 rings (SSSR count). The average Bonchev–Trinajstić information content (AvgIpc) is 2.73. The highest BCUT2D eigenvalue weighted by Crippen LogP contribution is 2.18. The van der Waals surface area contributed by atoms with Crippen LogP contribution in [0.3, 0.4) is 0 Å². The zero-order valence-corrected chi connectivity index (χ0v) is 15.1. The topological polar surface area (TPSA) is 92.9 Å². The summed E-state index contributed by atoms with van der Waals surface area (Å²) in [5.41, 5.74) is 8.72. The predicted molar refractivity (Wildman–Crippen MR) is 112 cm³/mol. The van der Waals surface area contributed by atoms with Crippen molar-refractivity contribution in [1.29, 1.82) is 0 Å². The zero-order valence-electron chi connectivity index (χ0n) is 15.1. The van der Waals surface area contributed by atoms with Crippen LogP contribution >= 0.6 is 0 Å². The molecule has 6 nitrogen and oxygen atoms in total. The highest BCUT2D eigenvalue weighted by atomic mass is 16.1. The van der Waals surface area contributed by atoms with E-state index in [1.165, 1.54) is 0 Å². The van der Waals surface area contributed by atoms with E-state index < -0.39 is 0 Å². The number of carbonyl (C=O) groups is 1. The lowest BCUT2D eigenvalue weighted by Gasteiger charge is -2.10. The molecule has 0 aliphatic carbocycles. The maximum absolute atomic E-state index is 12.6. The third-order valence-corrected chi connectivity index (χ3v) is 4.37. The minimum atomic E-state index is -0.243. The number of nitrogens with zero attached hydrogens (tertiary/aromatic N) is 2. The van der Waals surface area contributed by atoms with E-state index in [9.17, 15) is 4.79 Å². The van der Waals surface area contributed by atoms with Gasteiger partial charge in [0.2, 0.25) is 0 Å². The standard InChI is InChI=1S/C22H19N5O/c23-21-19(9-4-10-24-21)25-13-15-5-3-8-18(11-15)27-22(28)20-12-16-6-1-2-7-17(16)14-26-20/h1-12,14,25H,13H2,(H2,23,24)(H,27,28). The second kappa shape index (κ2) is 7.75. The van der Waals surface area contributed by atoms with Crippen molar-refractivity contribution in [2.75, 3.05) is 16.4 Å². The Labute approximate surface area is 162 Å². The molecule has 0 aliphatic heterocycles. The molecule has 0 aliphatic rings. The number of fused-ring (bicyclic) bond motifs is 1. The van der Waals surface area contributed by atoms with E-state index >= 15 is 0 Å². The Morgan fingerprint density at radius 2 is 1.79 bits per heavy atom. The summed E-state index contributed by atoms with van der Waals surface area (Å²) in [7, 11) is 0. The van der Waals surface area contributed by atoms with Gasteiger partial charge in [0.1, 0.15) is 11.5 Å². The summed E-state index contributed by atoms with van der Waals surface area (Å²) in [5, 5.41) is 8.14. The fourth-order valence-electron chi connectivity index (χ4n) is 2.93. The summed E-state index contributed by atoms with van der Waals surface area (Å²) >= 11 is 0. The molecule has 2 aromatic heterocycles. The maximum atomic E-state index is 12.6. The molecular weight excluding hydrogens is 350 g/mol. The van der Waals surface area contributed by atoms with Gasteiger partial charge >= 0.3 is 0 Å². The van der Waals surface area contributed by atoms with Crippen molar-refractivity contribution in [1.82, 2.24) is 9.97 Å².